The summed E-state index contributed by atoms with van der Waals surface area (Å²) in [5, 5.41) is 2.61. The Morgan fingerprint density at radius 3 is 2.56 bits per heavy atom. The van der Waals surface area contributed by atoms with Crippen molar-refractivity contribution < 1.29 is 9.59 Å². The van der Waals surface area contributed by atoms with E-state index in [4.69, 9.17) is 0 Å². The lowest BCUT2D eigenvalue weighted by Gasteiger charge is -2.03. The molecule has 0 heterocycles. The molecule has 2 atom stereocenters. The molecule has 0 aromatic rings. The number of rotatable bonds is 4. The molecule has 0 aliphatic rings. The summed E-state index contributed by atoms with van der Waals surface area (Å²) in [6, 6.07) is -0.340. The first-order valence-electron chi connectivity index (χ1n) is 2.61. The Morgan fingerprint density at radius 1 is 1.89 bits per heavy atom. The molecule has 4 heteroatoms. The summed E-state index contributed by atoms with van der Waals surface area (Å²) in [7, 11) is 2.20. The molecule has 0 aromatic heterocycles. The van der Waals surface area contributed by atoms with Crippen molar-refractivity contribution in [1.29, 1.82) is 0 Å². The summed E-state index contributed by atoms with van der Waals surface area (Å²) in [5.74, 6) is 0.0158. The van der Waals surface area contributed by atoms with Crippen molar-refractivity contribution in [3.05, 3.63) is 0 Å². The van der Waals surface area contributed by atoms with Crippen molar-refractivity contribution in [3.8, 4) is 0 Å². The van der Waals surface area contributed by atoms with Crippen LogP contribution in [0, 0.1) is 0 Å². The van der Waals surface area contributed by atoms with Gasteiger partial charge in [-0.05, 0) is 6.92 Å². The first kappa shape index (κ1) is 8.73. The molecule has 0 bridgehead atoms. The van der Waals surface area contributed by atoms with Crippen LogP contribution in [0.3, 0.4) is 0 Å². The van der Waals surface area contributed by atoms with Gasteiger partial charge in [0.15, 0.2) is 0 Å². The van der Waals surface area contributed by atoms with Crippen LogP contribution in [-0.4, -0.2) is 18.1 Å². The summed E-state index contributed by atoms with van der Waals surface area (Å²) in [6.45, 7) is 1.46. The Labute approximate surface area is 56.5 Å². The fourth-order valence-corrected chi connectivity index (χ4v) is 0.652. The van der Waals surface area contributed by atoms with Crippen LogP contribution in [0.15, 0.2) is 0 Å². The minimum absolute atomic E-state index is 0.0158. The van der Waals surface area contributed by atoms with Crippen molar-refractivity contribution in [2.24, 2.45) is 0 Å². The van der Waals surface area contributed by atoms with E-state index in [2.05, 4.69) is 14.5 Å². The van der Waals surface area contributed by atoms with Gasteiger partial charge >= 0.3 is 0 Å². The van der Waals surface area contributed by atoms with Crippen molar-refractivity contribution in [2.45, 2.75) is 19.4 Å². The molecule has 9 heavy (non-hydrogen) atoms. The second kappa shape index (κ2) is 4.59. The third-order valence-electron chi connectivity index (χ3n) is 0.886. The highest BCUT2D eigenvalue weighted by atomic mass is 31.0. The Hall–Kier alpha value is -0.270. The van der Waals surface area contributed by atoms with Crippen LogP contribution in [0.4, 0.5) is 0 Å². The van der Waals surface area contributed by atoms with Crippen LogP contribution < -0.4 is 5.09 Å². The van der Waals surface area contributed by atoms with Crippen LogP contribution in [-0.2, 0) is 9.59 Å². The molecule has 52 valence electrons. The van der Waals surface area contributed by atoms with E-state index in [0.29, 0.717) is 6.29 Å². The number of hydrogen-bond donors (Lipinski definition) is 1. The first-order valence-corrected chi connectivity index (χ1v) is 3.19. The van der Waals surface area contributed by atoms with Crippen molar-refractivity contribution in [2.75, 3.05) is 0 Å². The lowest BCUT2D eigenvalue weighted by Crippen LogP contribution is -2.24. The van der Waals surface area contributed by atoms with Gasteiger partial charge in [-0.2, -0.15) is 0 Å². The monoisotopic (exact) mass is 147 g/mol. The van der Waals surface area contributed by atoms with E-state index in [1.54, 1.807) is 0 Å². The molecule has 0 spiro atoms. The maximum Gasteiger partial charge on any atom is 0.137 e. The Morgan fingerprint density at radius 2 is 2.44 bits per heavy atom. The average Bonchev–Trinajstić information content (AvgIpc) is 1.82. The highest BCUT2D eigenvalue weighted by Gasteiger charge is 2.05. The van der Waals surface area contributed by atoms with Crippen molar-refractivity contribution in [3.63, 3.8) is 0 Å². The molecule has 0 aliphatic carbocycles. The predicted molar refractivity (Wildman–Crippen MR) is 38.0 cm³/mol. The molecule has 1 unspecified atom stereocenters. The molecule has 0 aliphatic heterocycles. The van der Waals surface area contributed by atoms with Gasteiger partial charge < -0.3 is 4.79 Å². The SMILES string of the molecule is CC(=O)C[C@@H](C=O)NP. The molecule has 0 aromatic carbocycles. The van der Waals surface area contributed by atoms with Gasteiger partial charge in [-0.3, -0.25) is 9.88 Å². The van der Waals surface area contributed by atoms with E-state index >= 15 is 0 Å². The van der Waals surface area contributed by atoms with Gasteiger partial charge in [0, 0.05) is 6.42 Å². The number of nitrogens with one attached hydrogen (secondary N) is 1. The number of carbonyl (C=O) groups is 2. The summed E-state index contributed by atoms with van der Waals surface area (Å²) in [6.07, 6.45) is 0.988. The molecule has 0 amide bonds. The number of hydrogen-bond acceptors (Lipinski definition) is 3. The fourth-order valence-electron chi connectivity index (χ4n) is 0.456. The fraction of sp³-hybridized carbons (Fsp3) is 0.600. The number of aldehydes is 1. The standard InChI is InChI=1S/C5H10NO2P/c1-4(8)2-5(3-7)6-9/h3,5-6H,2,9H2,1H3/t5-/m0/s1. The number of ketones is 1. The Bertz CT molecular complexity index is 116. The maximum absolute atomic E-state index is 10.4. The zero-order chi connectivity index (χ0) is 7.28. The van der Waals surface area contributed by atoms with Gasteiger partial charge in [-0.1, -0.05) is 9.39 Å². The predicted octanol–water partition coefficient (Wildman–Crippen LogP) is -0.0873. The smallest absolute Gasteiger partial charge is 0.137 e. The molecule has 0 radical (unpaired) electrons. The second-order valence-electron chi connectivity index (χ2n) is 1.82. The van der Waals surface area contributed by atoms with E-state index in [1.807, 2.05) is 0 Å². The van der Waals surface area contributed by atoms with Crippen LogP contribution in [0.2, 0.25) is 0 Å². The normalized spacial score (nSPS) is 12.7. The summed E-state index contributed by atoms with van der Waals surface area (Å²) < 4.78 is 0. The molecule has 0 fully saturated rings. The molecule has 1 N–H and O–H groups in total. The molecule has 0 saturated carbocycles. The van der Waals surface area contributed by atoms with E-state index < -0.39 is 0 Å². The van der Waals surface area contributed by atoms with Crippen LogP contribution in [0.25, 0.3) is 0 Å². The van der Waals surface area contributed by atoms with E-state index in [9.17, 15) is 9.59 Å². The second-order valence-corrected chi connectivity index (χ2v) is 2.15. The average molecular weight is 147 g/mol. The first-order chi connectivity index (χ1) is 4.20. The van der Waals surface area contributed by atoms with Gasteiger partial charge in [0.1, 0.15) is 12.1 Å². The lowest BCUT2D eigenvalue weighted by atomic mass is 10.2. The number of Topliss-reactive ketones (excluding diaryl/α,β-unsaturated/α-hetero) is 1. The van der Waals surface area contributed by atoms with E-state index in [0.717, 1.165) is 0 Å². The van der Waals surface area contributed by atoms with Gasteiger partial charge in [-0.15, -0.1) is 0 Å². The lowest BCUT2D eigenvalue weighted by molar-refractivity contribution is -0.119. The summed E-state index contributed by atoms with van der Waals surface area (Å²) >= 11 is 0. The summed E-state index contributed by atoms with van der Waals surface area (Å²) in [5.41, 5.74) is 0. The number of carbonyl (C=O) groups excluding carboxylic acids is 2. The highest BCUT2D eigenvalue weighted by Crippen LogP contribution is 1.90. The molecule has 3 nitrogen and oxygen atoms in total. The third-order valence-corrected chi connectivity index (χ3v) is 1.31. The maximum atomic E-state index is 10.4. The largest absolute Gasteiger partial charge is 0.302 e. The third kappa shape index (κ3) is 4.25. The van der Waals surface area contributed by atoms with E-state index in [1.165, 1.54) is 6.92 Å². The molecular weight excluding hydrogens is 137 g/mol. The zero-order valence-corrected chi connectivity index (χ0v) is 6.41. The van der Waals surface area contributed by atoms with Crippen molar-refractivity contribution in [1.82, 2.24) is 5.09 Å². The van der Waals surface area contributed by atoms with Crippen LogP contribution >= 0.6 is 9.39 Å². The van der Waals surface area contributed by atoms with Crippen molar-refractivity contribution >= 4 is 21.5 Å². The molecular formula is C5H10NO2P. The highest BCUT2D eigenvalue weighted by molar-refractivity contribution is 7.13. The Balaban J connectivity index is 3.55. The quantitative estimate of drug-likeness (QED) is 0.446. The van der Waals surface area contributed by atoms with Gasteiger partial charge in [0.2, 0.25) is 0 Å². The van der Waals surface area contributed by atoms with E-state index in [-0.39, 0.29) is 18.2 Å². The Kier molecular flexibility index (Phi) is 4.46. The minimum Gasteiger partial charge on any atom is -0.302 e. The van der Waals surface area contributed by atoms with Gasteiger partial charge in [0.05, 0.1) is 6.04 Å². The van der Waals surface area contributed by atoms with Crippen LogP contribution in [0.1, 0.15) is 13.3 Å². The zero-order valence-electron chi connectivity index (χ0n) is 5.26. The van der Waals surface area contributed by atoms with Crippen LogP contribution in [0.5, 0.6) is 0 Å². The minimum atomic E-state index is -0.340. The van der Waals surface area contributed by atoms with Gasteiger partial charge in [-0.25, -0.2) is 0 Å². The molecule has 0 rings (SSSR count). The topological polar surface area (TPSA) is 46.2 Å². The van der Waals surface area contributed by atoms with Gasteiger partial charge in [0.25, 0.3) is 0 Å². The summed E-state index contributed by atoms with van der Waals surface area (Å²) in [4.78, 5) is 20.4. The molecule has 0 saturated heterocycles.